The van der Waals surface area contributed by atoms with E-state index in [2.05, 4.69) is 16.4 Å². The van der Waals surface area contributed by atoms with E-state index >= 15 is 0 Å². The molecule has 1 unspecified atom stereocenters. The molecule has 78 valence electrons. The van der Waals surface area contributed by atoms with Crippen molar-refractivity contribution in [1.82, 2.24) is 5.32 Å². The van der Waals surface area contributed by atoms with Gasteiger partial charge in [0, 0.05) is 18.5 Å². The smallest absolute Gasteiger partial charge is 0.168 e. The monoisotopic (exact) mass is 204 g/mol. The van der Waals surface area contributed by atoms with Crippen molar-refractivity contribution in [3.05, 3.63) is 29.8 Å². The molecule has 0 radical (unpaired) electrons. The number of hydrogen-bond acceptors (Lipinski definition) is 4. The molecular formula is C11H12N2O2. The SMILES string of the molecule is c1ccc2c(c1)CC(C1=NCCN1)OO2. The summed E-state index contributed by atoms with van der Waals surface area (Å²) >= 11 is 0. The normalized spacial score (nSPS) is 23.7. The van der Waals surface area contributed by atoms with Gasteiger partial charge in [-0.1, -0.05) is 18.2 Å². The van der Waals surface area contributed by atoms with Crippen molar-refractivity contribution >= 4 is 5.84 Å². The number of nitrogens with one attached hydrogen (secondary N) is 1. The van der Waals surface area contributed by atoms with Gasteiger partial charge in [0.1, 0.15) is 5.84 Å². The third-order valence-corrected chi connectivity index (χ3v) is 2.64. The Morgan fingerprint density at radius 3 is 3.13 bits per heavy atom. The number of hydrogen-bond donors (Lipinski definition) is 1. The van der Waals surface area contributed by atoms with E-state index in [1.165, 1.54) is 5.56 Å². The molecule has 0 aromatic heterocycles. The van der Waals surface area contributed by atoms with Gasteiger partial charge in [-0.15, -0.1) is 0 Å². The van der Waals surface area contributed by atoms with Crippen molar-refractivity contribution in [2.45, 2.75) is 12.5 Å². The fourth-order valence-corrected chi connectivity index (χ4v) is 1.87. The van der Waals surface area contributed by atoms with E-state index in [1.807, 2.05) is 18.2 Å². The molecule has 4 heteroatoms. The first kappa shape index (κ1) is 8.73. The largest absolute Gasteiger partial charge is 0.370 e. The lowest BCUT2D eigenvalue weighted by molar-refractivity contribution is -0.235. The maximum Gasteiger partial charge on any atom is 0.168 e. The minimum atomic E-state index is -0.0811. The predicted molar refractivity (Wildman–Crippen MR) is 56.0 cm³/mol. The second-order valence-electron chi connectivity index (χ2n) is 3.67. The lowest BCUT2D eigenvalue weighted by Crippen LogP contribution is -2.38. The van der Waals surface area contributed by atoms with Gasteiger partial charge in [0.2, 0.25) is 0 Å². The summed E-state index contributed by atoms with van der Waals surface area (Å²) in [7, 11) is 0. The number of rotatable bonds is 1. The molecule has 2 aliphatic heterocycles. The molecule has 0 spiro atoms. The summed E-state index contributed by atoms with van der Waals surface area (Å²) in [5.74, 6) is 1.72. The maximum atomic E-state index is 5.30. The third-order valence-electron chi connectivity index (χ3n) is 2.64. The molecule has 15 heavy (non-hydrogen) atoms. The second-order valence-corrected chi connectivity index (χ2v) is 3.67. The molecule has 0 saturated heterocycles. The Labute approximate surface area is 87.8 Å². The number of fused-ring (bicyclic) bond motifs is 1. The molecule has 3 rings (SSSR count). The fourth-order valence-electron chi connectivity index (χ4n) is 1.87. The molecule has 0 bridgehead atoms. The van der Waals surface area contributed by atoms with Crippen LogP contribution in [0.4, 0.5) is 0 Å². The Kier molecular flexibility index (Phi) is 2.07. The van der Waals surface area contributed by atoms with Crippen molar-refractivity contribution in [3.63, 3.8) is 0 Å². The summed E-state index contributed by atoms with van der Waals surface area (Å²) in [6, 6.07) is 7.91. The van der Waals surface area contributed by atoms with Crippen LogP contribution in [0.15, 0.2) is 29.3 Å². The lowest BCUT2D eigenvalue weighted by atomic mass is 10.1. The van der Waals surface area contributed by atoms with Crippen LogP contribution in [0.2, 0.25) is 0 Å². The van der Waals surface area contributed by atoms with Gasteiger partial charge in [0.05, 0.1) is 6.54 Å². The van der Waals surface area contributed by atoms with Crippen molar-refractivity contribution in [2.24, 2.45) is 4.99 Å². The summed E-state index contributed by atoms with van der Waals surface area (Å²) < 4.78 is 0. The quantitative estimate of drug-likeness (QED) is 0.692. The Balaban J connectivity index is 1.82. The van der Waals surface area contributed by atoms with E-state index in [0.717, 1.165) is 31.1 Å². The Hall–Kier alpha value is -1.55. The van der Waals surface area contributed by atoms with Gasteiger partial charge in [-0.05, 0) is 6.07 Å². The molecule has 0 amide bonds. The minimum Gasteiger partial charge on any atom is -0.370 e. The third kappa shape index (κ3) is 1.57. The lowest BCUT2D eigenvalue weighted by Gasteiger charge is -2.23. The standard InChI is InChI=1S/C11H12N2O2/c1-2-4-9-8(3-1)7-10(15-14-9)11-12-5-6-13-11/h1-4,10H,5-7H2,(H,12,13). The second kappa shape index (κ2) is 3.55. The number of nitrogens with zero attached hydrogens (tertiary/aromatic N) is 1. The molecule has 1 N–H and O–H groups in total. The van der Waals surface area contributed by atoms with Crippen LogP contribution in [0.5, 0.6) is 5.75 Å². The van der Waals surface area contributed by atoms with Crippen LogP contribution in [0.1, 0.15) is 5.56 Å². The Bertz CT molecular complexity index is 403. The van der Waals surface area contributed by atoms with Gasteiger partial charge in [0.15, 0.2) is 11.9 Å². The molecule has 1 aromatic carbocycles. The van der Waals surface area contributed by atoms with E-state index in [9.17, 15) is 0 Å². The van der Waals surface area contributed by atoms with E-state index < -0.39 is 0 Å². The van der Waals surface area contributed by atoms with Crippen molar-refractivity contribution in [1.29, 1.82) is 0 Å². The fraction of sp³-hybridized carbons (Fsp3) is 0.364. The molecule has 0 saturated carbocycles. The van der Waals surface area contributed by atoms with E-state index in [0.29, 0.717) is 0 Å². The van der Waals surface area contributed by atoms with Crippen LogP contribution < -0.4 is 10.2 Å². The predicted octanol–water partition coefficient (Wildman–Crippen LogP) is 0.923. The van der Waals surface area contributed by atoms with E-state index in [1.54, 1.807) is 0 Å². The van der Waals surface area contributed by atoms with Crippen molar-refractivity contribution in [2.75, 3.05) is 13.1 Å². The highest BCUT2D eigenvalue weighted by Gasteiger charge is 2.27. The van der Waals surface area contributed by atoms with Crippen LogP contribution in [-0.2, 0) is 11.3 Å². The number of aliphatic imine (C=N–C) groups is 1. The summed E-state index contributed by atoms with van der Waals surface area (Å²) in [6.45, 7) is 1.73. The molecule has 2 heterocycles. The van der Waals surface area contributed by atoms with E-state index in [4.69, 9.17) is 9.78 Å². The summed E-state index contributed by atoms with van der Waals surface area (Å²) in [5.41, 5.74) is 1.17. The number of benzene rings is 1. The van der Waals surface area contributed by atoms with Crippen molar-refractivity contribution in [3.8, 4) is 5.75 Å². The van der Waals surface area contributed by atoms with Gasteiger partial charge < -0.3 is 10.2 Å². The highest BCUT2D eigenvalue weighted by Crippen LogP contribution is 2.25. The minimum absolute atomic E-state index is 0.0811. The molecule has 0 aliphatic carbocycles. The van der Waals surface area contributed by atoms with Crippen LogP contribution >= 0.6 is 0 Å². The summed E-state index contributed by atoms with van der Waals surface area (Å²) in [5, 5.41) is 3.20. The molecule has 2 aliphatic rings. The zero-order valence-corrected chi connectivity index (χ0v) is 8.27. The Morgan fingerprint density at radius 2 is 2.27 bits per heavy atom. The van der Waals surface area contributed by atoms with Crippen LogP contribution in [0, 0.1) is 0 Å². The topological polar surface area (TPSA) is 42.9 Å². The van der Waals surface area contributed by atoms with Crippen LogP contribution in [0.3, 0.4) is 0 Å². The first-order valence-electron chi connectivity index (χ1n) is 5.13. The summed E-state index contributed by atoms with van der Waals surface area (Å²) in [6.07, 6.45) is 0.740. The average Bonchev–Trinajstić information content (AvgIpc) is 2.82. The average molecular weight is 204 g/mol. The van der Waals surface area contributed by atoms with Gasteiger partial charge >= 0.3 is 0 Å². The van der Waals surface area contributed by atoms with Crippen molar-refractivity contribution < 1.29 is 9.78 Å². The van der Waals surface area contributed by atoms with Crippen LogP contribution in [-0.4, -0.2) is 25.0 Å². The zero-order valence-electron chi connectivity index (χ0n) is 8.27. The molecule has 0 fully saturated rings. The first-order chi connectivity index (χ1) is 7.43. The number of para-hydroxylation sites is 1. The Morgan fingerprint density at radius 1 is 1.33 bits per heavy atom. The molecular weight excluding hydrogens is 192 g/mol. The number of amidine groups is 1. The maximum absolute atomic E-state index is 5.30. The first-order valence-corrected chi connectivity index (χ1v) is 5.13. The summed E-state index contributed by atoms with van der Waals surface area (Å²) in [4.78, 5) is 14.9. The highest BCUT2D eigenvalue weighted by atomic mass is 17.2. The van der Waals surface area contributed by atoms with Gasteiger partial charge in [-0.3, -0.25) is 4.99 Å². The van der Waals surface area contributed by atoms with Crippen LogP contribution in [0.25, 0.3) is 0 Å². The van der Waals surface area contributed by atoms with Gasteiger partial charge in [-0.2, -0.15) is 4.89 Å². The van der Waals surface area contributed by atoms with Gasteiger partial charge in [-0.25, -0.2) is 0 Å². The molecule has 4 nitrogen and oxygen atoms in total. The van der Waals surface area contributed by atoms with Gasteiger partial charge in [0.25, 0.3) is 0 Å². The highest BCUT2D eigenvalue weighted by molar-refractivity contribution is 5.88. The van der Waals surface area contributed by atoms with E-state index in [-0.39, 0.29) is 6.10 Å². The molecule has 1 atom stereocenters. The molecule has 1 aromatic rings. The zero-order chi connectivity index (χ0) is 10.1.